The van der Waals surface area contributed by atoms with Gasteiger partial charge in [0.1, 0.15) is 0 Å². The first-order valence-corrected chi connectivity index (χ1v) is 14.7. The Morgan fingerprint density at radius 2 is 0.600 bits per heavy atom. The van der Waals surface area contributed by atoms with Crippen LogP contribution in [0.3, 0.4) is 0 Å². The predicted octanol–water partition coefficient (Wildman–Crippen LogP) is 0.171. The van der Waals surface area contributed by atoms with E-state index in [-0.39, 0.29) is 35.2 Å². The monoisotopic (exact) mass is 200 g/mol. The van der Waals surface area contributed by atoms with E-state index in [9.17, 15) is 0 Å². The Balaban J connectivity index is 1.90. The highest BCUT2D eigenvalue weighted by atomic mass is 28.5. The van der Waals surface area contributed by atoms with E-state index < -0.39 is 0 Å². The van der Waals surface area contributed by atoms with E-state index in [1.165, 1.54) is 0 Å². The molecule has 0 aromatic heterocycles. The van der Waals surface area contributed by atoms with Crippen LogP contribution < -0.4 is 0 Å². The van der Waals surface area contributed by atoms with Gasteiger partial charge in [-0.2, -0.15) is 0 Å². The Morgan fingerprint density at radius 1 is 0.400 bits per heavy atom. The molecule has 4 aliphatic heterocycles. The molecule has 10 heavy (non-hydrogen) atoms. The molecule has 0 N–H and O–H groups in total. The Kier molecular flexibility index (Phi) is 1.39. The number of hydrogen-bond donors (Lipinski definition) is 0. The van der Waals surface area contributed by atoms with E-state index in [4.69, 9.17) is 0 Å². The van der Waals surface area contributed by atoms with Crippen LogP contribution in [0.15, 0.2) is 0 Å². The molecular weight excluding hydrogens is 184 g/mol. The van der Waals surface area contributed by atoms with Gasteiger partial charge in [-0.3, -0.25) is 0 Å². The summed E-state index contributed by atoms with van der Waals surface area (Å²) in [6.07, 6.45) is 0. The Hall–Kier alpha value is 0.868. The van der Waals surface area contributed by atoms with E-state index in [0.29, 0.717) is 0 Å². The summed E-state index contributed by atoms with van der Waals surface area (Å²) >= 11 is 0. The molecule has 4 fully saturated rings. The van der Waals surface area contributed by atoms with Crippen molar-refractivity contribution in [3.63, 3.8) is 0 Å². The van der Waals surface area contributed by atoms with Crippen LogP contribution in [-0.2, 0) is 0 Å². The average Bonchev–Trinajstić information content (AvgIpc) is 1.82. The Bertz CT molecular complexity index is 101. The molecule has 56 valence electrons. The summed E-state index contributed by atoms with van der Waals surface area (Å²) in [5, 5.41) is 0. The van der Waals surface area contributed by atoms with Gasteiger partial charge in [-0.15, -0.1) is 0 Å². The second-order valence-corrected chi connectivity index (χ2v) is 23.1. The number of hydrogen-bond acceptors (Lipinski definition) is 0. The van der Waals surface area contributed by atoms with Gasteiger partial charge in [0.25, 0.3) is 0 Å². The van der Waals surface area contributed by atoms with Crippen molar-refractivity contribution in [3.05, 3.63) is 0 Å². The zero-order chi connectivity index (χ0) is 6.55. The first-order valence-electron chi connectivity index (χ1n) is 4.90. The third-order valence-corrected chi connectivity index (χ3v) is 36.0. The lowest BCUT2D eigenvalue weighted by Crippen LogP contribution is -2.55. The fourth-order valence-corrected chi connectivity index (χ4v) is 56.6. The summed E-state index contributed by atoms with van der Waals surface area (Å²) in [5.74, 6) is 0. The average molecular weight is 201 g/mol. The molecule has 0 aromatic rings. The van der Waals surface area contributed by atoms with Crippen molar-refractivity contribution in [1.82, 2.24) is 0 Å². The molecular formula is C6H16Si4. The van der Waals surface area contributed by atoms with Crippen LogP contribution in [0.4, 0.5) is 0 Å². The van der Waals surface area contributed by atoms with E-state index in [0.717, 1.165) is 0 Å². The molecule has 4 bridgehead atoms. The zero-order valence-corrected chi connectivity index (χ0v) is 11.2. The zero-order valence-electron chi connectivity index (χ0n) is 6.55. The molecule has 4 rings (SSSR count). The van der Waals surface area contributed by atoms with Gasteiger partial charge in [-0.25, -0.2) is 0 Å². The van der Waals surface area contributed by atoms with Crippen LogP contribution >= 0.6 is 0 Å². The maximum atomic E-state index is 1.95. The summed E-state index contributed by atoms with van der Waals surface area (Å²) in [7, 11) is 0.403. The summed E-state index contributed by atoms with van der Waals surface area (Å²) in [6.45, 7) is 0. The molecule has 0 atom stereocenters. The van der Waals surface area contributed by atoms with Crippen LogP contribution in [0.2, 0.25) is 34.0 Å². The highest BCUT2D eigenvalue weighted by Crippen LogP contribution is 2.39. The lowest BCUT2D eigenvalue weighted by Gasteiger charge is -2.47. The van der Waals surface area contributed by atoms with E-state index in [1.807, 2.05) is 34.0 Å². The second kappa shape index (κ2) is 2.18. The lowest BCUT2D eigenvalue weighted by molar-refractivity contribution is 1.34. The normalized spacial score (nSPS) is 57.6. The third kappa shape index (κ3) is 0.888. The summed E-state index contributed by atoms with van der Waals surface area (Å²) in [5.41, 5.74) is 11.7. The largest absolute Gasteiger partial charge is 0.0673 e. The van der Waals surface area contributed by atoms with E-state index in [1.54, 1.807) is 0 Å². The van der Waals surface area contributed by atoms with Gasteiger partial charge < -0.3 is 0 Å². The number of rotatable bonds is 0. The Labute approximate surface area is 69.5 Å². The minimum Gasteiger partial charge on any atom is -0.0673 e. The fraction of sp³-hybridized carbons (Fsp3) is 1.00. The van der Waals surface area contributed by atoms with Gasteiger partial charge in [0.15, 0.2) is 0 Å². The summed E-state index contributed by atoms with van der Waals surface area (Å²) < 4.78 is 0. The molecule has 4 aliphatic rings. The van der Waals surface area contributed by atoms with Crippen LogP contribution in [0, 0.1) is 0 Å². The van der Waals surface area contributed by atoms with Crippen molar-refractivity contribution >= 4 is 35.2 Å². The minimum absolute atomic E-state index is 0.101. The molecule has 0 radical (unpaired) electrons. The highest BCUT2D eigenvalue weighted by molar-refractivity contribution is 7.12. The van der Waals surface area contributed by atoms with Crippen molar-refractivity contribution in [2.75, 3.05) is 0 Å². The third-order valence-electron chi connectivity index (χ3n) is 4.00. The van der Waals surface area contributed by atoms with Crippen molar-refractivity contribution in [1.29, 1.82) is 0 Å². The molecule has 0 spiro atoms. The topological polar surface area (TPSA) is 0 Å². The minimum atomic E-state index is 0.101. The van der Waals surface area contributed by atoms with E-state index in [2.05, 4.69) is 0 Å². The summed E-state index contributed by atoms with van der Waals surface area (Å²) in [4.78, 5) is 0. The molecule has 0 saturated carbocycles. The van der Waals surface area contributed by atoms with Crippen LogP contribution in [0.25, 0.3) is 0 Å². The predicted molar refractivity (Wildman–Crippen MR) is 57.4 cm³/mol. The molecule has 4 heterocycles. The van der Waals surface area contributed by atoms with Gasteiger partial charge >= 0.3 is 0 Å². The first-order chi connectivity index (χ1) is 4.90. The Morgan fingerprint density at radius 3 is 0.800 bits per heavy atom. The lowest BCUT2D eigenvalue weighted by atomic mass is 11.7. The molecule has 4 saturated heterocycles. The van der Waals surface area contributed by atoms with Crippen molar-refractivity contribution in [2.24, 2.45) is 0 Å². The fourth-order valence-electron chi connectivity index (χ4n) is 3.98. The van der Waals surface area contributed by atoms with Crippen molar-refractivity contribution in [2.45, 2.75) is 34.0 Å². The van der Waals surface area contributed by atoms with Gasteiger partial charge in [0, 0.05) is 35.2 Å². The smallest absolute Gasteiger partial charge is 0.0281 e. The van der Waals surface area contributed by atoms with Crippen molar-refractivity contribution in [3.8, 4) is 0 Å². The molecule has 0 aliphatic carbocycles. The van der Waals surface area contributed by atoms with Crippen LogP contribution in [0.5, 0.6) is 0 Å². The van der Waals surface area contributed by atoms with Crippen LogP contribution in [-0.4, -0.2) is 35.2 Å². The standard InChI is InChI=1S/C6H16Si4/c1-7-2-9-4-8(1)5-10(3-7)6-9/h7-10H,1-6H2. The summed E-state index contributed by atoms with van der Waals surface area (Å²) in [6, 6.07) is 0. The van der Waals surface area contributed by atoms with Crippen LogP contribution in [0.1, 0.15) is 0 Å². The van der Waals surface area contributed by atoms with Gasteiger partial charge in [-0.05, 0) is 0 Å². The van der Waals surface area contributed by atoms with E-state index >= 15 is 0 Å². The van der Waals surface area contributed by atoms with Gasteiger partial charge in [-0.1, -0.05) is 34.0 Å². The SMILES string of the molecule is C1[SiH]2C[SiH]3C[SiH]1C[SiH](C2)C3. The molecule has 4 heteroatoms. The van der Waals surface area contributed by atoms with Crippen molar-refractivity contribution < 1.29 is 0 Å². The second-order valence-electron chi connectivity index (χ2n) is 4.88. The molecule has 0 unspecified atom stereocenters. The highest BCUT2D eigenvalue weighted by Gasteiger charge is 2.44. The maximum absolute atomic E-state index is 1.95. The van der Waals surface area contributed by atoms with Gasteiger partial charge in [0.05, 0.1) is 0 Å². The molecule has 0 aromatic carbocycles. The molecule has 0 amide bonds. The quantitative estimate of drug-likeness (QED) is 0.489. The first kappa shape index (κ1) is 6.39. The maximum Gasteiger partial charge on any atom is 0.0281 e. The molecule has 0 nitrogen and oxygen atoms in total. The van der Waals surface area contributed by atoms with Gasteiger partial charge in [0.2, 0.25) is 0 Å².